The van der Waals surface area contributed by atoms with Gasteiger partial charge in [-0.05, 0) is 37.0 Å². The lowest BCUT2D eigenvalue weighted by Gasteiger charge is -2.32. The topological polar surface area (TPSA) is 32.3 Å². The van der Waals surface area contributed by atoms with E-state index in [1.54, 1.807) is 0 Å². The lowest BCUT2D eigenvalue weighted by Crippen LogP contribution is -2.45. The molecular weight excluding hydrogens is 284 g/mol. The number of piperidine rings is 1. The zero-order chi connectivity index (χ0) is 15.2. The molecule has 1 unspecified atom stereocenters. The zero-order valence-corrected chi connectivity index (χ0v) is 13.7. The summed E-state index contributed by atoms with van der Waals surface area (Å²) in [5, 5.41) is 3.96. The van der Waals surface area contributed by atoms with Crippen molar-refractivity contribution in [3.05, 3.63) is 34.9 Å². The highest BCUT2D eigenvalue weighted by atomic mass is 35.5. The Hall–Kier alpha value is -1.06. The predicted octanol–water partition coefficient (Wildman–Crippen LogP) is 3.47. The molecule has 1 N–H and O–H groups in total. The Morgan fingerprint density at radius 3 is 2.52 bits per heavy atom. The highest BCUT2D eigenvalue weighted by molar-refractivity contribution is 6.30. The molecule has 1 aliphatic heterocycles. The minimum atomic E-state index is 0.122. The molecule has 1 atom stereocenters. The number of carbonyl (C=O) groups is 1. The average molecular weight is 309 g/mol. The lowest BCUT2D eigenvalue weighted by atomic mass is 10.0. The Kier molecular flexibility index (Phi) is 6.07. The molecule has 1 fully saturated rings. The van der Waals surface area contributed by atoms with Crippen LogP contribution in [-0.2, 0) is 11.3 Å². The summed E-state index contributed by atoms with van der Waals surface area (Å²) in [4.78, 5) is 14.3. The monoisotopic (exact) mass is 308 g/mol. The van der Waals surface area contributed by atoms with Crippen LogP contribution in [0.4, 0.5) is 0 Å². The number of benzene rings is 1. The number of hydrogen-bond acceptors (Lipinski definition) is 2. The molecular formula is C17H25ClN2O. The second-order valence-corrected chi connectivity index (χ2v) is 6.43. The van der Waals surface area contributed by atoms with Crippen molar-refractivity contribution in [2.24, 2.45) is 5.92 Å². The minimum absolute atomic E-state index is 0.122. The highest BCUT2D eigenvalue weighted by Crippen LogP contribution is 2.16. The molecule has 1 saturated heterocycles. The summed E-state index contributed by atoms with van der Waals surface area (Å²) >= 11 is 5.91. The van der Waals surface area contributed by atoms with E-state index < -0.39 is 0 Å². The van der Waals surface area contributed by atoms with E-state index >= 15 is 0 Å². The molecule has 4 heteroatoms. The highest BCUT2D eigenvalue weighted by Gasteiger charge is 2.22. The summed E-state index contributed by atoms with van der Waals surface area (Å²) in [6, 6.07) is 8.39. The van der Waals surface area contributed by atoms with Crippen molar-refractivity contribution in [3.63, 3.8) is 0 Å². The van der Waals surface area contributed by atoms with Gasteiger partial charge in [-0.1, -0.05) is 37.6 Å². The lowest BCUT2D eigenvalue weighted by molar-refractivity contribution is -0.125. The summed E-state index contributed by atoms with van der Waals surface area (Å²) in [5.74, 6) is 0.325. The van der Waals surface area contributed by atoms with E-state index in [1.165, 1.54) is 5.56 Å². The van der Waals surface area contributed by atoms with Gasteiger partial charge in [0, 0.05) is 36.6 Å². The number of nitrogens with one attached hydrogen (secondary N) is 1. The number of hydrogen-bond donors (Lipinski definition) is 1. The molecule has 1 aliphatic rings. The molecule has 3 nitrogen and oxygen atoms in total. The average Bonchev–Trinajstić information content (AvgIpc) is 2.50. The largest absolute Gasteiger partial charge is 0.353 e. The van der Waals surface area contributed by atoms with E-state index in [4.69, 9.17) is 11.6 Å². The van der Waals surface area contributed by atoms with Crippen LogP contribution in [-0.4, -0.2) is 29.9 Å². The third-order valence-corrected chi connectivity index (χ3v) is 4.57. The summed E-state index contributed by atoms with van der Waals surface area (Å²) in [6.45, 7) is 7.08. The fourth-order valence-corrected chi connectivity index (χ4v) is 2.74. The summed E-state index contributed by atoms with van der Waals surface area (Å²) in [7, 11) is 0. The molecule has 116 valence electrons. The van der Waals surface area contributed by atoms with Gasteiger partial charge in [0.2, 0.25) is 5.91 Å². The molecule has 1 aromatic carbocycles. The van der Waals surface area contributed by atoms with Crippen molar-refractivity contribution in [2.75, 3.05) is 13.1 Å². The molecule has 0 saturated carbocycles. The molecule has 2 rings (SSSR count). The Morgan fingerprint density at radius 2 is 1.95 bits per heavy atom. The molecule has 21 heavy (non-hydrogen) atoms. The summed E-state index contributed by atoms with van der Waals surface area (Å²) < 4.78 is 0. The van der Waals surface area contributed by atoms with E-state index in [2.05, 4.69) is 29.3 Å². The molecule has 0 aliphatic carbocycles. The van der Waals surface area contributed by atoms with Crippen LogP contribution in [0.3, 0.4) is 0 Å². The predicted molar refractivity (Wildman–Crippen MR) is 87.3 cm³/mol. The number of likely N-dealkylation sites (tertiary alicyclic amines) is 1. The van der Waals surface area contributed by atoms with Crippen molar-refractivity contribution in [1.29, 1.82) is 0 Å². The fraction of sp³-hybridized carbons (Fsp3) is 0.588. The first kappa shape index (κ1) is 16.3. The van der Waals surface area contributed by atoms with Gasteiger partial charge in [0.25, 0.3) is 0 Å². The maximum absolute atomic E-state index is 11.9. The van der Waals surface area contributed by atoms with Crippen molar-refractivity contribution in [2.45, 2.75) is 45.7 Å². The normalized spacial score (nSPS) is 18.4. The first-order valence-corrected chi connectivity index (χ1v) is 8.23. The Balaban J connectivity index is 1.75. The fourth-order valence-electron chi connectivity index (χ4n) is 2.61. The molecule has 1 aromatic rings. The number of nitrogens with zero attached hydrogens (tertiary/aromatic N) is 1. The zero-order valence-electron chi connectivity index (χ0n) is 12.9. The van der Waals surface area contributed by atoms with E-state index in [1.807, 2.05) is 19.1 Å². The SMILES string of the molecule is CCC(C)C(=O)NC1CCN(Cc2ccc(Cl)cc2)CC1. The van der Waals surface area contributed by atoms with Crippen molar-refractivity contribution in [1.82, 2.24) is 10.2 Å². The standard InChI is InChI=1S/C17H25ClN2O/c1-3-13(2)17(21)19-16-8-10-20(11-9-16)12-14-4-6-15(18)7-5-14/h4-7,13,16H,3,8-12H2,1-2H3,(H,19,21). The van der Waals surface area contributed by atoms with Gasteiger partial charge in [-0.3, -0.25) is 9.69 Å². The summed E-state index contributed by atoms with van der Waals surface area (Å²) in [5.41, 5.74) is 1.29. The van der Waals surface area contributed by atoms with Crippen LogP contribution in [0.5, 0.6) is 0 Å². The Morgan fingerprint density at radius 1 is 1.33 bits per heavy atom. The van der Waals surface area contributed by atoms with E-state index in [0.717, 1.165) is 43.9 Å². The van der Waals surface area contributed by atoms with E-state index in [0.29, 0.717) is 6.04 Å². The number of carbonyl (C=O) groups excluding carboxylic acids is 1. The summed E-state index contributed by atoms with van der Waals surface area (Å²) in [6.07, 6.45) is 2.98. The Bertz CT molecular complexity index is 452. The molecule has 1 heterocycles. The number of halogens is 1. The third kappa shape index (κ3) is 5.01. The van der Waals surface area contributed by atoms with Gasteiger partial charge in [-0.2, -0.15) is 0 Å². The van der Waals surface area contributed by atoms with Gasteiger partial charge >= 0.3 is 0 Å². The van der Waals surface area contributed by atoms with Crippen LogP contribution in [0.25, 0.3) is 0 Å². The van der Waals surface area contributed by atoms with E-state index in [9.17, 15) is 4.79 Å². The van der Waals surface area contributed by atoms with Crippen molar-refractivity contribution < 1.29 is 4.79 Å². The number of rotatable bonds is 5. The van der Waals surface area contributed by atoms with Gasteiger partial charge in [0.1, 0.15) is 0 Å². The first-order chi connectivity index (χ1) is 10.1. The first-order valence-electron chi connectivity index (χ1n) is 7.85. The molecule has 0 radical (unpaired) electrons. The van der Waals surface area contributed by atoms with Gasteiger partial charge in [-0.15, -0.1) is 0 Å². The van der Waals surface area contributed by atoms with Crippen molar-refractivity contribution in [3.8, 4) is 0 Å². The smallest absolute Gasteiger partial charge is 0.223 e. The van der Waals surface area contributed by atoms with Gasteiger partial charge in [-0.25, -0.2) is 0 Å². The minimum Gasteiger partial charge on any atom is -0.353 e. The third-order valence-electron chi connectivity index (χ3n) is 4.31. The van der Waals surface area contributed by atoms with Crippen LogP contribution in [0, 0.1) is 5.92 Å². The van der Waals surface area contributed by atoms with Gasteiger partial charge < -0.3 is 5.32 Å². The molecule has 1 amide bonds. The number of amides is 1. The van der Waals surface area contributed by atoms with Crippen LogP contribution < -0.4 is 5.32 Å². The van der Waals surface area contributed by atoms with Gasteiger partial charge in [0.05, 0.1) is 0 Å². The van der Waals surface area contributed by atoms with Crippen LogP contribution in [0.2, 0.25) is 5.02 Å². The molecule has 0 aromatic heterocycles. The van der Waals surface area contributed by atoms with Crippen LogP contribution >= 0.6 is 11.6 Å². The molecule has 0 spiro atoms. The van der Waals surface area contributed by atoms with Crippen molar-refractivity contribution >= 4 is 17.5 Å². The van der Waals surface area contributed by atoms with E-state index in [-0.39, 0.29) is 11.8 Å². The van der Waals surface area contributed by atoms with Crippen LogP contribution in [0.1, 0.15) is 38.7 Å². The van der Waals surface area contributed by atoms with Gasteiger partial charge in [0.15, 0.2) is 0 Å². The quantitative estimate of drug-likeness (QED) is 0.903. The maximum Gasteiger partial charge on any atom is 0.223 e. The second-order valence-electron chi connectivity index (χ2n) is 5.99. The maximum atomic E-state index is 11.9. The Labute approximate surface area is 132 Å². The van der Waals surface area contributed by atoms with Crippen LogP contribution in [0.15, 0.2) is 24.3 Å². The second kappa shape index (κ2) is 7.81. The molecule has 0 bridgehead atoms.